The van der Waals surface area contributed by atoms with Gasteiger partial charge in [-0.05, 0) is 38.0 Å². The number of hydrogen-bond acceptors (Lipinski definition) is 3. The van der Waals surface area contributed by atoms with Crippen molar-refractivity contribution in [2.24, 2.45) is 5.92 Å². The van der Waals surface area contributed by atoms with Crippen molar-refractivity contribution in [3.63, 3.8) is 0 Å². The van der Waals surface area contributed by atoms with Crippen LogP contribution in [0.3, 0.4) is 0 Å². The smallest absolute Gasteiger partial charge is 0.241 e. The second-order valence-corrected chi connectivity index (χ2v) is 8.52. The molecule has 2 heterocycles. The van der Waals surface area contributed by atoms with Gasteiger partial charge in [0, 0.05) is 28.3 Å². The molecule has 120 valence electrons. The lowest BCUT2D eigenvalue weighted by Crippen LogP contribution is -2.50. The maximum atomic E-state index is 12.8. The molecule has 2 aliphatic heterocycles. The van der Waals surface area contributed by atoms with Crippen molar-refractivity contribution in [1.82, 2.24) is 10.2 Å². The van der Waals surface area contributed by atoms with Gasteiger partial charge in [-0.25, -0.2) is 0 Å². The van der Waals surface area contributed by atoms with Crippen LogP contribution in [0.25, 0.3) is 0 Å². The Morgan fingerprint density at radius 1 is 1.19 bits per heavy atom. The van der Waals surface area contributed by atoms with E-state index in [1.54, 1.807) is 0 Å². The average Bonchev–Trinajstić information content (AvgIpc) is 3.10. The molecule has 2 saturated heterocycles. The Morgan fingerprint density at radius 3 is 2.48 bits per heavy atom. The number of rotatable bonds is 4. The van der Waals surface area contributed by atoms with Crippen molar-refractivity contribution in [2.45, 2.75) is 76.5 Å². The van der Waals surface area contributed by atoms with Crippen LogP contribution in [0.1, 0.15) is 58.3 Å². The molecule has 5 heteroatoms. The summed E-state index contributed by atoms with van der Waals surface area (Å²) in [4.78, 5) is 15.0. The van der Waals surface area contributed by atoms with Gasteiger partial charge in [0.2, 0.25) is 5.91 Å². The van der Waals surface area contributed by atoms with E-state index in [9.17, 15) is 9.00 Å². The van der Waals surface area contributed by atoms with Crippen LogP contribution in [-0.2, 0) is 15.6 Å². The summed E-state index contributed by atoms with van der Waals surface area (Å²) < 4.78 is 11.6. The van der Waals surface area contributed by atoms with Gasteiger partial charge in [-0.15, -0.1) is 0 Å². The fourth-order valence-electron chi connectivity index (χ4n) is 4.27. The van der Waals surface area contributed by atoms with E-state index in [0.29, 0.717) is 17.9 Å². The summed E-state index contributed by atoms with van der Waals surface area (Å²) in [6, 6.07) is 0.336. The van der Waals surface area contributed by atoms with Gasteiger partial charge in [0.25, 0.3) is 0 Å². The molecule has 1 N–H and O–H groups in total. The zero-order valence-corrected chi connectivity index (χ0v) is 13.9. The molecule has 2 atom stereocenters. The SMILES string of the molecule is CCCC1NC(C2CCCC2)N(C2CCS(=O)CC2)C1=O. The van der Waals surface area contributed by atoms with Gasteiger partial charge in [-0.3, -0.25) is 14.3 Å². The van der Waals surface area contributed by atoms with Crippen molar-refractivity contribution in [3.8, 4) is 0 Å². The third-order valence-corrected chi connectivity index (χ3v) is 6.78. The van der Waals surface area contributed by atoms with Crippen LogP contribution < -0.4 is 5.32 Å². The van der Waals surface area contributed by atoms with Crippen molar-refractivity contribution in [3.05, 3.63) is 0 Å². The minimum Gasteiger partial charge on any atom is -0.322 e. The van der Waals surface area contributed by atoms with E-state index in [2.05, 4.69) is 17.1 Å². The molecule has 1 aliphatic carbocycles. The highest BCUT2D eigenvalue weighted by Crippen LogP contribution is 2.35. The fraction of sp³-hybridized carbons (Fsp3) is 0.938. The van der Waals surface area contributed by atoms with E-state index in [1.165, 1.54) is 25.7 Å². The van der Waals surface area contributed by atoms with Gasteiger partial charge in [-0.1, -0.05) is 26.2 Å². The van der Waals surface area contributed by atoms with Gasteiger partial charge in [-0.2, -0.15) is 0 Å². The number of amides is 1. The second-order valence-electron chi connectivity index (χ2n) is 6.82. The summed E-state index contributed by atoms with van der Waals surface area (Å²) in [5, 5.41) is 3.64. The van der Waals surface area contributed by atoms with Crippen LogP contribution in [0.4, 0.5) is 0 Å². The Hall–Kier alpha value is -0.420. The highest BCUT2D eigenvalue weighted by atomic mass is 32.2. The first-order valence-electron chi connectivity index (χ1n) is 8.64. The van der Waals surface area contributed by atoms with Crippen LogP contribution in [0.5, 0.6) is 0 Å². The highest BCUT2D eigenvalue weighted by Gasteiger charge is 2.46. The number of carbonyl (C=O) groups is 1. The molecular weight excluding hydrogens is 284 g/mol. The normalized spacial score (nSPS) is 38.3. The first kappa shape index (κ1) is 15.5. The molecule has 0 radical (unpaired) electrons. The molecule has 0 aromatic carbocycles. The van der Waals surface area contributed by atoms with Crippen molar-refractivity contribution < 1.29 is 9.00 Å². The minimum absolute atomic E-state index is 0.0213. The van der Waals surface area contributed by atoms with Crippen molar-refractivity contribution in [1.29, 1.82) is 0 Å². The van der Waals surface area contributed by atoms with Crippen LogP contribution >= 0.6 is 0 Å². The summed E-state index contributed by atoms with van der Waals surface area (Å²) in [7, 11) is -0.656. The number of nitrogens with one attached hydrogen (secondary N) is 1. The fourth-order valence-corrected chi connectivity index (χ4v) is 5.55. The van der Waals surface area contributed by atoms with Gasteiger partial charge >= 0.3 is 0 Å². The quantitative estimate of drug-likeness (QED) is 0.864. The first-order chi connectivity index (χ1) is 10.2. The Bertz CT molecular complexity index is 399. The van der Waals surface area contributed by atoms with Gasteiger partial charge in [0.05, 0.1) is 12.2 Å². The zero-order chi connectivity index (χ0) is 14.8. The maximum Gasteiger partial charge on any atom is 0.241 e. The Labute approximate surface area is 130 Å². The van der Waals surface area contributed by atoms with E-state index < -0.39 is 10.8 Å². The largest absolute Gasteiger partial charge is 0.322 e. The Balaban J connectivity index is 1.75. The van der Waals surface area contributed by atoms with Crippen LogP contribution in [-0.4, -0.2) is 44.8 Å². The maximum absolute atomic E-state index is 12.8. The molecule has 21 heavy (non-hydrogen) atoms. The zero-order valence-electron chi connectivity index (χ0n) is 13.1. The summed E-state index contributed by atoms with van der Waals surface area (Å²) >= 11 is 0. The molecule has 0 bridgehead atoms. The predicted molar refractivity (Wildman–Crippen MR) is 85.3 cm³/mol. The standard InChI is InChI=1S/C16H28N2O2S/c1-2-5-14-16(19)18(13-8-10-21(20)11-9-13)15(17-14)12-6-3-4-7-12/h12-15,17H,2-11H2,1H3. The monoisotopic (exact) mass is 312 g/mol. The Kier molecular flexibility index (Phi) is 4.99. The second kappa shape index (κ2) is 6.78. The lowest BCUT2D eigenvalue weighted by molar-refractivity contribution is -0.133. The molecule has 1 amide bonds. The molecule has 4 nitrogen and oxygen atoms in total. The first-order valence-corrected chi connectivity index (χ1v) is 10.1. The van der Waals surface area contributed by atoms with Crippen LogP contribution in [0.15, 0.2) is 0 Å². The van der Waals surface area contributed by atoms with Crippen molar-refractivity contribution >= 4 is 16.7 Å². The summed E-state index contributed by atoms with van der Waals surface area (Å²) in [5.41, 5.74) is 0. The van der Waals surface area contributed by atoms with E-state index >= 15 is 0 Å². The molecule has 0 aromatic heterocycles. The molecule has 0 aromatic rings. The number of carbonyl (C=O) groups excluding carboxylic acids is 1. The highest BCUT2D eigenvalue weighted by molar-refractivity contribution is 7.85. The lowest BCUT2D eigenvalue weighted by Gasteiger charge is -2.37. The van der Waals surface area contributed by atoms with Gasteiger partial charge in [0.15, 0.2) is 0 Å². The number of hydrogen-bond donors (Lipinski definition) is 1. The lowest BCUT2D eigenvalue weighted by atomic mass is 10.0. The van der Waals surface area contributed by atoms with E-state index in [4.69, 9.17) is 0 Å². The molecular formula is C16H28N2O2S. The van der Waals surface area contributed by atoms with E-state index in [0.717, 1.165) is 37.2 Å². The minimum atomic E-state index is -0.656. The molecule has 0 spiro atoms. The third kappa shape index (κ3) is 3.19. The predicted octanol–water partition coefficient (Wildman–Crippen LogP) is 2.01. The summed E-state index contributed by atoms with van der Waals surface area (Å²) in [6.45, 7) is 2.14. The van der Waals surface area contributed by atoms with E-state index in [-0.39, 0.29) is 12.2 Å². The van der Waals surface area contributed by atoms with Crippen molar-refractivity contribution in [2.75, 3.05) is 11.5 Å². The molecule has 3 aliphatic rings. The Morgan fingerprint density at radius 2 is 1.86 bits per heavy atom. The summed E-state index contributed by atoms with van der Waals surface area (Å²) in [6.07, 6.45) is 9.17. The molecule has 3 rings (SSSR count). The van der Waals surface area contributed by atoms with Crippen LogP contribution in [0.2, 0.25) is 0 Å². The van der Waals surface area contributed by atoms with Gasteiger partial charge < -0.3 is 4.90 Å². The molecule has 1 saturated carbocycles. The summed E-state index contributed by atoms with van der Waals surface area (Å²) in [5.74, 6) is 2.48. The molecule has 2 unspecified atom stereocenters. The third-order valence-electron chi connectivity index (χ3n) is 5.40. The van der Waals surface area contributed by atoms with Crippen LogP contribution in [0, 0.1) is 5.92 Å². The van der Waals surface area contributed by atoms with Gasteiger partial charge in [0.1, 0.15) is 0 Å². The molecule has 3 fully saturated rings. The average molecular weight is 312 g/mol. The number of nitrogens with zero attached hydrogens (tertiary/aromatic N) is 1. The topological polar surface area (TPSA) is 49.4 Å². The van der Waals surface area contributed by atoms with E-state index in [1.807, 2.05) is 0 Å².